The molecule has 0 fully saturated rings. The molecule has 0 aliphatic rings. The molecule has 0 aliphatic heterocycles. The highest BCUT2D eigenvalue weighted by Gasteiger charge is 2.20. The average Bonchev–Trinajstić information content (AvgIpc) is 3.07. The maximum Gasteiger partial charge on any atom is 0.237 e. The smallest absolute Gasteiger partial charge is 0.237 e. The molecule has 2 aromatic heterocycles. The van der Waals surface area contributed by atoms with Crippen molar-refractivity contribution in [2.75, 3.05) is 18.4 Å². The Bertz CT molecular complexity index is 1020. The molecule has 28 heavy (non-hydrogen) atoms. The summed E-state index contributed by atoms with van der Waals surface area (Å²) in [7, 11) is 0. The van der Waals surface area contributed by atoms with Gasteiger partial charge in [-0.2, -0.15) is 5.26 Å². The Labute approximate surface area is 164 Å². The Balaban J connectivity index is 1.56. The Morgan fingerprint density at radius 2 is 1.96 bits per heavy atom. The average molecular weight is 379 g/mol. The van der Waals surface area contributed by atoms with Crippen LogP contribution in [-0.2, 0) is 4.79 Å². The maximum atomic E-state index is 12.0. The summed E-state index contributed by atoms with van der Waals surface area (Å²) in [6.07, 6.45) is 1.66. The van der Waals surface area contributed by atoms with Gasteiger partial charge in [0.15, 0.2) is 5.82 Å². The number of fused-ring (bicyclic) bond motifs is 3. The molecule has 0 saturated heterocycles. The number of para-hydroxylation sites is 2. The number of hydrogen-bond donors (Lipinski definition) is 2. The summed E-state index contributed by atoms with van der Waals surface area (Å²) in [5.74, 6) is 0.746. The number of carbonyl (C=O) groups excluding carboxylic acids is 1. The quantitative estimate of drug-likeness (QED) is 0.583. The first kappa shape index (κ1) is 19.5. The van der Waals surface area contributed by atoms with E-state index in [9.17, 15) is 4.79 Å². The molecule has 0 spiro atoms. The Morgan fingerprint density at radius 1 is 1.21 bits per heavy atom. The first-order valence-electron chi connectivity index (χ1n) is 9.54. The fourth-order valence-corrected chi connectivity index (χ4v) is 3.13. The standard InChI is InChI=1S/C20H25N7O/c1-13(2)15(12-21)20(28)23-11-7-6-10-22-18-19-26-25-14(3)27(19)17-9-5-4-8-16(17)24-18/h4-5,8-9,13,15H,6-7,10-11H2,1-3H3,(H,22,24)(H,23,28). The van der Waals surface area contributed by atoms with Crippen LogP contribution in [0.5, 0.6) is 0 Å². The maximum absolute atomic E-state index is 12.0. The number of benzene rings is 1. The minimum Gasteiger partial charge on any atom is -0.367 e. The van der Waals surface area contributed by atoms with Crippen molar-refractivity contribution in [2.24, 2.45) is 11.8 Å². The van der Waals surface area contributed by atoms with Crippen LogP contribution in [0.25, 0.3) is 16.7 Å². The molecule has 1 unspecified atom stereocenters. The lowest BCUT2D eigenvalue weighted by molar-refractivity contribution is -0.124. The van der Waals surface area contributed by atoms with Gasteiger partial charge in [-0.15, -0.1) is 10.2 Å². The van der Waals surface area contributed by atoms with Crippen molar-refractivity contribution >= 4 is 28.4 Å². The second-order valence-electron chi connectivity index (χ2n) is 7.13. The number of unbranched alkanes of at least 4 members (excludes halogenated alkanes) is 1. The molecule has 146 valence electrons. The third-order valence-electron chi connectivity index (χ3n) is 4.67. The lowest BCUT2D eigenvalue weighted by Crippen LogP contribution is -2.33. The molecule has 8 nitrogen and oxygen atoms in total. The van der Waals surface area contributed by atoms with Crippen LogP contribution in [0.3, 0.4) is 0 Å². The van der Waals surface area contributed by atoms with Gasteiger partial charge in [0.25, 0.3) is 0 Å². The number of aromatic nitrogens is 4. The molecule has 1 amide bonds. The fourth-order valence-electron chi connectivity index (χ4n) is 3.13. The second-order valence-corrected chi connectivity index (χ2v) is 7.13. The van der Waals surface area contributed by atoms with E-state index in [0.29, 0.717) is 24.6 Å². The summed E-state index contributed by atoms with van der Waals surface area (Å²) in [6.45, 7) is 6.93. The molecule has 2 N–H and O–H groups in total. The van der Waals surface area contributed by atoms with E-state index in [1.54, 1.807) is 0 Å². The number of rotatable bonds is 8. The van der Waals surface area contributed by atoms with E-state index in [1.165, 1.54) is 0 Å². The van der Waals surface area contributed by atoms with Crippen molar-refractivity contribution in [3.8, 4) is 6.07 Å². The van der Waals surface area contributed by atoms with Gasteiger partial charge in [-0.3, -0.25) is 9.20 Å². The SMILES string of the molecule is Cc1nnc2c(NCCCCNC(=O)C(C#N)C(C)C)nc3ccccc3n12. The monoisotopic (exact) mass is 379 g/mol. The van der Waals surface area contributed by atoms with Gasteiger partial charge in [-0.05, 0) is 37.8 Å². The van der Waals surface area contributed by atoms with Crippen molar-refractivity contribution in [1.82, 2.24) is 24.9 Å². The zero-order chi connectivity index (χ0) is 20.1. The van der Waals surface area contributed by atoms with Gasteiger partial charge in [0.2, 0.25) is 11.6 Å². The Hall–Kier alpha value is -3.21. The van der Waals surface area contributed by atoms with Crippen molar-refractivity contribution in [2.45, 2.75) is 33.6 Å². The molecule has 0 saturated carbocycles. The number of carbonyl (C=O) groups is 1. The normalized spacial score (nSPS) is 12.2. The lowest BCUT2D eigenvalue weighted by atomic mass is 9.97. The van der Waals surface area contributed by atoms with E-state index < -0.39 is 5.92 Å². The summed E-state index contributed by atoms with van der Waals surface area (Å²) in [4.78, 5) is 16.6. The molecule has 8 heteroatoms. The fraction of sp³-hybridized carbons (Fsp3) is 0.450. The minimum atomic E-state index is -0.593. The highest BCUT2D eigenvalue weighted by atomic mass is 16.1. The van der Waals surface area contributed by atoms with Gasteiger partial charge in [0.1, 0.15) is 11.7 Å². The van der Waals surface area contributed by atoms with Gasteiger partial charge in [-0.1, -0.05) is 26.0 Å². The Kier molecular flexibility index (Phi) is 6.04. The van der Waals surface area contributed by atoms with Crippen LogP contribution in [0.4, 0.5) is 5.82 Å². The number of amides is 1. The summed E-state index contributed by atoms with van der Waals surface area (Å²) in [5.41, 5.74) is 2.56. The minimum absolute atomic E-state index is 0.0136. The molecule has 1 aromatic carbocycles. The zero-order valence-corrected chi connectivity index (χ0v) is 16.4. The molecular weight excluding hydrogens is 354 g/mol. The van der Waals surface area contributed by atoms with Crippen LogP contribution in [-0.4, -0.2) is 38.6 Å². The number of nitrogens with zero attached hydrogens (tertiary/aromatic N) is 5. The van der Waals surface area contributed by atoms with Crippen molar-refractivity contribution in [1.29, 1.82) is 5.26 Å². The van der Waals surface area contributed by atoms with Gasteiger partial charge in [-0.25, -0.2) is 4.98 Å². The van der Waals surface area contributed by atoms with E-state index in [4.69, 9.17) is 5.26 Å². The van der Waals surface area contributed by atoms with E-state index in [0.717, 1.165) is 29.7 Å². The van der Waals surface area contributed by atoms with Crippen LogP contribution in [0.15, 0.2) is 24.3 Å². The van der Waals surface area contributed by atoms with Crippen molar-refractivity contribution in [3.63, 3.8) is 0 Å². The first-order chi connectivity index (χ1) is 13.5. The number of anilines is 1. The molecule has 3 aromatic rings. The number of hydrogen-bond acceptors (Lipinski definition) is 6. The van der Waals surface area contributed by atoms with E-state index in [2.05, 4.69) is 31.9 Å². The lowest BCUT2D eigenvalue weighted by Gasteiger charge is -2.13. The Morgan fingerprint density at radius 3 is 2.71 bits per heavy atom. The molecule has 3 rings (SSSR count). The molecule has 1 atom stereocenters. The summed E-state index contributed by atoms with van der Waals surface area (Å²) in [5, 5.41) is 23.7. The van der Waals surface area contributed by atoms with Crippen LogP contribution in [0.2, 0.25) is 0 Å². The molecule has 0 bridgehead atoms. The molecule has 0 aliphatic carbocycles. The second kappa shape index (κ2) is 8.65. The molecular formula is C20H25N7O. The first-order valence-corrected chi connectivity index (χ1v) is 9.54. The summed E-state index contributed by atoms with van der Waals surface area (Å²) in [6, 6.07) is 9.96. The van der Waals surface area contributed by atoms with E-state index >= 15 is 0 Å². The van der Waals surface area contributed by atoms with Gasteiger partial charge < -0.3 is 10.6 Å². The van der Waals surface area contributed by atoms with E-state index in [1.807, 2.05) is 49.4 Å². The van der Waals surface area contributed by atoms with Gasteiger partial charge >= 0.3 is 0 Å². The number of nitrogens with one attached hydrogen (secondary N) is 2. The number of aryl methyl sites for hydroxylation is 1. The van der Waals surface area contributed by atoms with Crippen LogP contribution in [0, 0.1) is 30.1 Å². The molecule has 0 radical (unpaired) electrons. The predicted molar refractivity (Wildman–Crippen MR) is 108 cm³/mol. The predicted octanol–water partition coefficient (Wildman–Crippen LogP) is 2.69. The van der Waals surface area contributed by atoms with E-state index in [-0.39, 0.29) is 11.8 Å². The largest absolute Gasteiger partial charge is 0.367 e. The van der Waals surface area contributed by atoms with Crippen LogP contribution < -0.4 is 10.6 Å². The van der Waals surface area contributed by atoms with Crippen LogP contribution in [0.1, 0.15) is 32.5 Å². The summed E-state index contributed by atoms with van der Waals surface area (Å²) >= 11 is 0. The van der Waals surface area contributed by atoms with Crippen molar-refractivity contribution in [3.05, 3.63) is 30.1 Å². The van der Waals surface area contributed by atoms with Gasteiger partial charge in [0, 0.05) is 13.1 Å². The zero-order valence-electron chi connectivity index (χ0n) is 16.4. The highest BCUT2D eigenvalue weighted by molar-refractivity contribution is 5.83. The summed E-state index contributed by atoms with van der Waals surface area (Å²) < 4.78 is 2.00. The van der Waals surface area contributed by atoms with Crippen LogP contribution >= 0.6 is 0 Å². The van der Waals surface area contributed by atoms with Gasteiger partial charge in [0.05, 0.1) is 17.1 Å². The third kappa shape index (κ3) is 4.03. The number of nitriles is 1. The molecule has 2 heterocycles. The topological polar surface area (TPSA) is 108 Å². The highest BCUT2D eigenvalue weighted by Crippen LogP contribution is 2.21. The van der Waals surface area contributed by atoms with Crippen molar-refractivity contribution < 1.29 is 4.79 Å². The third-order valence-corrected chi connectivity index (χ3v) is 4.67.